The van der Waals surface area contributed by atoms with Crippen molar-refractivity contribution in [2.24, 2.45) is 0 Å². The van der Waals surface area contributed by atoms with Crippen LogP contribution in [0.5, 0.6) is 0 Å². The van der Waals surface area contributed by atoms with Crippen molar-refractivity contribution in [2.75, 3.05) is 0 Å². The van der Waals surface area contributed by atoms with Gasteiger partial charge in [0.2, 0.25) is 0 Å². The molecule has 0 aromatic heterocycles. The lowest BCUT2D eigenvalue weighted by atomic mass is 9.67. The third-order valence-electron chi connectivity index (χ3n) is 22.5. The van der Waals surface area contributed by atoms with E-state index in [0.29, 0.717) is 0 Å². The number of benzene rings is 18. The van der Waals surface area contributed by atoms with E-state index >= 15 is 0 Å². The summed E-state index contributed by atoms with van der Waals surface area (Å²) < 4.78 is 0. The first-order chi connectivity index (χ1) is 54.7. The topological polar surface area (TPSA) is 0 Å². The lowest BCUT2D eigenvalue weighted by Gasteiger charge is -2.34. The summed E-state index contributed by atoms with van der Waals surface area (Å²) in [5.74, 6) is 0. The molecule has 0 unspecified atom stereocenters. The fourth-order valence-electron chi connectivity index (χ4n) is 16.7. The third-order valence-corrected chi connectivity index (χ3v) is 22.5. The number of hydrogen-bond acceptors (Lipinski definition) is 0. The molecule has 21 rings (SSSR count). The molecule has 18 aromatic rings. The Morgan fingerprint density at radius 2 is 0.571 bits per heavy atom. The SMILES string of the molecule is Cc1ccc(-c2ccc3ccccc3c2)cc1.Cc1ccc(-c2cccc3ccccc23)cc1.Cc1ccc2c(c1)C(C)(C)c1ccccc1-2.Cc1ccc2c(c1)C(c1ccccc1)(c1ccccc1)c1ccccc1-2.Cc1ccc2c(c1)Cc1ccccc1-2.Cc1ccc2ccccc2c1.Cc1cccc2ccccc12. The second-order valence-electron chi connectivity index (χ2n) is 30.8. The van der Waals surface area contributed by atoms with Crippen molar-refractivity contribution in [2.45, 2.75) is 79.6 Å². The highest BCUT2D eigenvalue weighted by Gasteiger charge is 2.46. The van der Waals surface area contributed by atoms with Crippen molar-refractivity contribution in [1.29, 1.82) is 0 Å². The van der Waals surface area contributed by atoms with Gasteiger partial charge in [-0.1, -0.05) is 448 Å². The Hall–Kier alpha value is -13.0. The van der Waals surface area contributed by atoms with Gasteiger partial charge in [-0.2, -0.15) is 0 Å². The number of rotatable bonds is 4. The summed E-state index contributed by atoms with van der Waals surface area (Å²) in [4.78, 5) is 0. The van der Waals surface area contributed by atoms with Gasteiger partial charge in [0.25, 0.3) is 0 Å². The molecule has 0 nitrogen and oxygen atoms in total. The van der Waals surface area contributed by atoms with E-state index in [1.165, 1.54) is 182 Å². The Bertz CT molecular complexity index is 6250. The highest BCUT2D eigenvalue weighted by molar-refractivity contribution is 5.97. The fraction of sp³-hybridized carbons (Fsp3) is 0.107. The molecule has 0 spiro atoms. The highest BCUT2D eigenvalue weighted by Crippen LogP contribution is 2.56. The van der Waals surface area contributed by atoms with Gasteiger partial charge in [-0.3, -0.25) is 0 Å². The zero-order valence-corrected chi connectivity index (χ0v) is 65.9. The zero-order chi connectivity index (χ0) is 77.1. The van der Waals surface area contributed by atoms with Crippen LogP contribution in [0.2, 0.25) is 0 Å². The molecule has 0 atom stereocenters. The van der Waals surface area contributed by atoms with E-state index in [4.69, 9.17) is 0 Å². The van der Waals surface area contributed by atoms with Gasteiger partial charge in [-0.05, 0) is 210 Å². The Balaban J connectivity index is 0.000000105. The molecule has 0 saturated carbocycles. The number of aryl methyl sites for hydroxylation is 7. The summed E-state index contributed by atoms with van der Waals surface area (Å²) in [6.07, 6.45) is 1.10. The molecule has 3 aliphatic rings. The van der Waals surface area contributed by atoms with Gasteiger partial charge in [0.15, 0.2) is 0 Å². The second-order valence-corrected chi connectivity index (χ2v) is 30.8. The summed E-state index contributed by atoms with van der Waals surface area (Å²) >= 11 is 0. The Labute approximate surface area is 663 Å². The van der Waals surface area contributed by atoms with Crippen LogP contribution in [0.15, 0.2) is 406 Å². The maximum absolute atomic E-state index is 2.37. The van der Waals surface area contributed by atoms with Crippen LogP contribution in [-0.4, -0.2) is 0 Å². The van der Waals surface area contributed by atoms with Crippen LogP contribution in [0.25, 0.3) is 98.7 Å². The average Bonchev–Trinajstić information content (AvgIpc) is 1.53. The van der Waals surface area contributed by atoms with Crippen LogP contribution < -0.4 is 0 Å². The molecule has 0 heteroatoms. The normalized spacial score (nSPS) is 12.3. The number of hydrogen-bond donors (Lipinski definition) is 0. The van der Waals surface area contributed by atoms with Crippen LogP contribution in [0.4, 0.5) is 0 Å². The van der Waals surface area contributed by atoms with E-state index in [1.54, 1.807) is 0 Å². The Kier molecular flexibility index (Phi) is 22.2. The van der Waals surface area contributed by atoms with Gasteiger partial charge in [0, 0.05) is 5.41 Å². The molecule has 0 fully saturated rings. The van der Waals surface area contributed by atoms with E-state index in [-0.39, 0.29) is 10.8 Å². The van der Waals surface area contributed by atoms with E-state index in [0.717, 1.165) is 6.42 Å². The van der Waals surface area contributed by atoms with Crippen LogP contribution in [0.3, 0.4) is 0 Å². The first-order valence-corrected chi connectivity index (χ1v) is 39.4. The molecule has 18 aromatic carbocycles. The van der Waals surface area contributed by atoms with Gasteiger partial charge in [-0.15, -0.1) is 0 Å². The molecule has 112 heavy (non-hydrogen) atoms. The molecule has 0 N–H and O–H groups in total. The summed E-state index contributed by atoms with van der Waals surface area (Å²) in [5, 5.41) is 10.5. The van der Waals surface area contributed by atoms with Crippen molar-refractivity contribution < 1.29 is 0 Å². The van der Waals surface area contributed by atoms with Gasteiger partial charge in [-0.25, -0.2) is 0 Å². The first kappa shape index (κ1) is 74.5. The smallest absolute Gasteiger partial charge is 0.0622 e. The largest absolute Gasteiger partial charge is 0.0713 e. The van der Waals surface area contributed by atoms with E-state index in [9.17, 15) is 0 Å². The quantitative estimate of drug-likeness (QED) is 0.165. The lowest BCUT2D eigenvalue weighted by molar-refractivity contribution is 0.660. The van der Waals surface area contributed by atoms with Crippen molar-refractivity contribution in [3.63, 3.8) is 0 Å². The number of fused-ring (bicyclic) bond motifs is 13. The molecule has 0 bridgehead atoms. The first-order valence-electron chi connectivity index (χ1n) is 39.4. The summed E-state index contributed by atoms with van der Waals surface area (Å²) in [6.45, 7) is 19.6. The minimum atomic E-state index is -0.263. The minimum Gasteiger partial charge on any atom is -0.0622 e. The Morgan fingerprint density at radius 3 is 1.19 bits per heavy atom. The molecule has 0 saturated heterocycles. The maximum Gasteiger partial charge on any atom is 0.0713 e. The fourth-order valence-corrected chi connectivity index (χ4v) is 16.7. The van der Waals surface area contributed by atoms with Gasteiger partial charge in [0.05, 0.1) is 5.41 Å². The second kappa shape index (κ2) is 33.5. The zero-order valence-electron chi connectivity index (χ0n) is 65.9. The predicted octanol–water partition coefficient (Wildman–Crippen LogP) is 30.2. The lowest BCUT2D eigenvalue weighted by Crippen LogP contribution is -2.28. The molecule has 0 aliphatic heterocycles. The summed E-state index contributed by atoms with van der Waals surface area (Å²) in [7, 11) is 0. The Morgan fingerprint density at radius 1 is 0.196 bits per heavy atom. The van der Waals surface area contributed by atoms with Crippen molar-refractivity contribution in [3.8, 4) is 55.6 Å². The summed E-state index contributed by atoms with van der Waals surface area (Å²) in [6, 6.07) is 146. The molecule has 0 heterocycles. The van der Waals surface area contributed by atoms with E-state index < -0.39 is 0 Å². The van der Waals surface area contributed by atoms with E-state index in [1.807, 2.05) is 0 Å². The molecule has 0 radical (unpaired) electrons. The molecule has 0 amide bonds. The van der Waals surface area contributed by atoms with E-state index in [2.05, 4.69) is 469 Å². The monoisotopic (exact) mass is 1440 g/mol. The van der Waals surface area contributed by atoms with Crippen molar-refractivity contribution >= 4 is 43.1 Å². The predicted molar refractivity (Wildman–Crippen MR) is 482 cm³/mol. The van der Waals surface area contributed by atoms with Gasteiger partial charge >= 0.3 is 0 Å². The minimum absolute atomic E-state index is 0.151. The average molecular weight is 1440 g/mol. The molecule has 544 valence electrons. The molecular formula is C112H96. The van der Waals surface area contributed by atoms with Crippen LogP contribution >= 0.6 is 0 Å². The maximum atomic E-state index is 2.37. The summed E-state index contributed by atoms with van der Waals surface area (Å²) in [5.41, 5.74) is 33.9. The standard InChI is InChI=1S/C26H20.2C17H14.C16H16.C14H12.2C11H10/c1-19-16-17-23-22-14-8-9-15-24(22)26(25(23)18-19,20-10-4-2-5-11-20)21-12-6-3-7-13-21;1-13-9-11-15(12-10-13)17-8-4-6-14-5-2-3-7-16(14)17;1-13-6-8-15(9-7-13)17-11-10-14-4-2-3-5-16(14)12-17;1-11-8-9-13-12-6-4-5-7-14(12)16(2,3)15(13)10-11;1-10-6-7-14-12(8-10)9-11-4-2-3-5-13(11)14;1-9-5-4-7-10-6-2-3-8-11(9)10;1-9-6-7-10-4-2-3-5-11(10)8-9/h2-18H,1H3;2*2-12H,1H3;4-10H,1-3H3;2-8H,9H2,1H3;2*2-8H,1H3. The van der Waals surface area contributed by atoms with Gasteiger partial charge < -0.3 is 0 Å². The third kappa shape index (κ3) is 15.9. The van der Waals surface area contributed by atoms with Crippen molar-refractivity contribution in [3.05, 3.63) is 490 Å². The van der Waals surface area contributed by atoms with Crippen LogP contribution in [0, 0.1) is 48.5 Å². The molecular weight excluding hydrogens is 1350 g/mol. The van der Waals surface area contributed by atoms with Crippen LogP contribution in [0.1, 0.15) is 97.3 Å². The van der Waals surface area contributed by atoms with Crippen LogP contribution in [-0.2, 0) is 17.3 Å². The molecule has 3 aliphatic carbocycles. The van der Waals surface area contributed by atoms with Crippen molar-refractivity contribution in [1.82, 2.24) is 0 Å². The van der Waals surface area contributed by atoms with Gasteiger partial charge in [0.1, 0.15) is 0 Å². The highest BCUT2D eigenvalue weighted by atomic mass is 14.5.